The molecule has 0 radical (unpaired) electrons. The van der Waals surface area contributed by atoms with Gasteiger partial charge in [-0.1, -0.05) is 84.9 Å². The Kier molecular flexibility index (Phi) is 4.60. The molecule has 6 aromatic carbocycles. The third-order valence-corrected chi connectivity index (χ3v) is 10.1. The second-order valence-corrected chi connectivity index (χ2v) is 12.2. The molecular weight excluding hydrogens is 543 g/mol. The Morgan fingerprint density at radius 3 is 1.91 bits per heavy atom. The van der Waals surface area contributed by atoms with Crippen molar-refractivity contribution in [3.05, 3.63) is 140 Å². The molecular formula is C39H23N3S. The molecule has 4 aromatic heterocycles. The standard InChI is InChI=1S/C39H23N3S/c1-2-12-24(13-3-1)41-29-18-7-5-15-26(29)36-37-28(17-11-23-40-37)34-25-14-4-8-19-30(25)42(38(34)39(36)41)31-20-10-22-33-35(31)27-16-6-9-21-32(27)43-33/h1-23H. The van der Waals surface area contributed by atoms with E-state index in [4.69, 9.17) is 4.98 Å². The summed E-state index contributed by atoms with van der Waals surface area (Å²) >= 11 is 1.87. The van der Waals surface area contributed by atoms with Crippen LogP contribution in [0.1, 0.15) is 0 Å². The van der Waals surface area contributed by atoms with Crippen molar-refractivity contribution in [2.75, 3.05) is 0 Å². The van der Waals surface area contributed by atoms with Crippen LogP contribution in [0.5, 0.6) is 0 Å². The van der Waals surface area contributed by atoms with Crippen molar-refractivity contribution in [1.82, 2.24) is 14.1 Å². The number of fused-ring (bicyclic) bond motifs is 13. The normalized spacial score (nSPS) is 12.2. The molecule has 0 aliphatic rings. The predicted octanol–water partition coefficient (Wildman–Crippen LogP) is 10.8. The number of hydrogen-bond acceptors (Lipinski definition) is 2. The number of hydrogen-bond donors (Lipinski definition) is 0. The van der Waals surface area contributed by atoms with Gasteiger partial charge < -0.3 is 9.13 Å². The molecule has 0 N–H and O–H groups in total. The van der Waals surface area contributed by atoms with E-state index in [2.05, 4.69) is 143 Å². The third-order valence-electron chi connectivity index (χ3n) is 8.92. The second kappa shape index (κ2) is 8.54. The zero-order chi connectivity index (χ0) is 28.1. The summed E-state index contributed by atoms with van der Waals surface area (Å²) in [5.74, 6) is 0. The smallest absolute Gasteiger partial charge is 0.0811 e. The van der Waals surface area contributed by atoms with Gasteiger partial charge in [-0.3, -0.25) is 4.98 Å². The zero-order valence-corrected chi connectivity index (χ0v) is 23.8. The van der Waals surface area contributed by atoms with Gasteiger partial charge in [0.05, 0.1) is 33.3 Å². The van der Waals surface area contributed by atoms with E-state index in [-0.39, 0.29) is 0 Å². The average molecular weight is 566 g/mol. The highest BCUT2D eigenvalue weighted by atomic mass is 32.1. The number of rotatable bonds is 2. The molecule has 0 bridgehead atoms. The molecule has 3 nitrogen and oxygen atoms in total. The summed E-state index contributed by atoms with van der Waals surface area (Å²) in [4.78, 5) is 5.07. The van der Waals surface area contributed by atoms with Gasteiger partial charge in [-0.15, -0.1) is 11.3 Å². The summed E-state index contributed by atoms with van der Waals surface area (Å²) in [7, 11) is 0. The molecule has 0 aliphatic carbocycles. The van der Waals surface area contributed by atoms with Gasteiger partial charge in [0.25, 0.3) is 0 Å². The van der Waals surface area contributed by atoms with Gasteiger partial charge in [0, 0.05) is 59.0 Å². The summed E-state index contributed by atoms with van der Waals surface area (Å²) < 4.78 is 7.58. The number of para-hydroxylation sites is 3. The van der Waals surface area contributed by atoms with Gasteiger partial charge in [-0.25, -0.2) is 0 Å². The van der Waals surface area contributed by atoms with Crippen LogP contribution in [0.3, 0.4) is 0 Å². The number of thiophene rings is 1. The SMILES string of the molecule is c1ccc(-n2c3ccccc3c3c4ncccc4c4c5ccccc5n(-c5cccc6sc7ccccc7c56)c4c32)cc1. The van der Waals surface area contributed by atoms with E-state index in [1.54, 1.807) is 0 Å². The fraction of sp³-hybridized carbons (Fsp3) is 0. The molecule has 0 spiro atoms. The van der Waals surface area contributed by atoms with E-state index in [1.807, 2.05) is 17.5 Å². The van der Waals surface area contributed by atoms with Gasteiger partial charge in [0.1, 0.15) is 0 Å². The minimum atomic E-state index is 1.04. The summed E-state index contributed by atoms with van der Waals surface area (Å²) in [6.07, 6.45) is 1.93. The number of benzene rings is 6. The number of pyridine rings is 1. The van der Waals surface area contributed by atoms with Crippen LogP contribution in [-0.2, 0) is 0 Å². The maximum atomic E-state index is 5.07. The number of nitrogens with zero attached hydrogens (tertiary/aromatic N) is 3. The van der Waals surface area contributed by atoms with Crippen molar-refractivity contribution in [2.24, 2.45) is 0 Å². The minimum absolute atomic E-state index is 1.04. The minimum Gasteiger partial charge on any atom is -0.307 e. The van der Waals surface area contributed by atoms with Crippen molar-refractivity contribution < 1.29 is 0 Å². The van der Waals surface area contributed by atoms with Crippen molar-refractivity contribution >= 4 is 86.0 Å². The molecule has 0 aliphatic heterocycles. The molecule has 4 heteroatoms. The Balaban J connectivity index is 1.57. The van der Waals surface area contributed by atoms with E-state index in [0.29, 0.717) is 0 Å². The maximum absolute atomic E-state index is 5.07. The van der Waals surface area contributed by atoms with E-state index >= 15 is 0 Å². The van der Waals surface area contributed by atoms with Crippen molar-refractivity contribution in [2.45, 2.75) is 0 Å². The summed E-state index contributed by atoms with van der Waals surface area (Å²) in [5.41, 5.74) is 8.15. The Morgan fingerprint density at radius 1 is 0.442 bits per heavy atom. The molecule has 0 saturated carbocycles. The molecule has 0 saturated heterocycles. The lowest BCUT2D eigenvalue weighted by molar-refractivity contribution is 1.16. The van der Waals surface area contributed by atoms with Gasteiger partial charge >= 0.3 is 0 Å². The second-order valence-electron chi connectivity index (χ2n) is 11.1. The molecule has 4 heterocycles. The molecule has 0 amide bonds. The quantitative estimate of drug-likeness (QED) is 0.204. The van der Waals surface area contributed by atoms with Crippen LogP contribution in [0.2, 0.25) is 0 Å². The van der Waals surface area contributed by atoms with Crippen molar-refractivity contribution in [3.63, 3.8) is 0 Å². The maximum Gasteiger partial charge on any atom is 0.0811 e. The van der Waals surface area contributed by atoms with Gasteiger partial charge in [0.15, 0.2) is 0 Å². The Labute approximate surface area is 250 Å². The highest BCUT2D eigenvalue weighted by Crippen LogP contribution is 2.47. The van der Waals surface area contributed by atoms with Crippen LogP contribution < -0.4 is 0 Å². The third kappa shape index (κ3) is 3.00. The first kappa shape index (κ1) is 23.1. The van der Waals surface area contributed by atoms with Crippen LogP contribution in [0.4, 0.5) is 0 Å². The molecule has 200 valence electrons. The molecule has 10 aromatic rings. The van der Waals surface area contributed by atoms with Crippen LogP contribution in [0.25, 0.3) is 86.1 Å². The van der Waals surface area contributed by atoms with Gasteiger partial charge in [-0.05, 0) is 48.5 Å². The van der Waals surface area contributed by atoms with Crippen LogP contribution in [0.15, 0.2) is 140 Å². The van der Waals surface area contributed by atoms with E-state index < -0.39 is 0 Å². The van der Waals surface area contributed by atoms with Gasteiger partial charge in [0.2, 0.25) is 0 Å². The first-order chi connectivity index (χ1) is 21.4. The number of aromatic nitrogens is 3. The lowest BCUT2D eigenvalue weighted by Crippen LogP contribution is -1.99. The van der Waals surface area contributed by atoms with Crippen LogP contribution in [-0.4, -0.2) is 14.1 Å². The molecule has 43 heavy (non-hydrogen) atoms. The van der Waals surface area contributed by atoms with E-state index in [1.165, 1.54) is 74.9 Å². The first-order valence-electron chi connectivity index (χ1n) is 14.6. The monoisotopic (exact) mass is 565 g/mol. The highest BCUT2D eigenvalue weighted by Gasteiger charge is 2.25. The Bertz CT molecular complexity index is 2730. The fourth-order valence-electron chi connectivity index (χ4n) is 7.28. The summed E-state index contributed by atoms with van der Waals surface area (Å²) in [6, 6.07) is 48.3. The molecule has 0 fully saturated rings. The zero-order valence-electron chi connectivity index (χ0n) is 23.0. The Hall–Kier alpha value is -5.45. The van der Waals surface area contributed by atoms with E-state index in [0.717, 1.165) is 11.2 Å². The Morgan fingerprint density at radius 2 is 1.07 bits per heavy atom. The van der Waals surface area contributed by atoms with Gasteiger partial charge in [-0.2, -0.15) is 0 Å². The molecule has 0 unspecified atom stereocenters. The van der Waals surface area contributed by atoms with Crippen LogP contribution in [0, 0.1) is 0 Å². The lowest BCUT2D eigenvalue weighted by atomic mass is 10.0. The summed E-state index contributed by atoms with van der Waals surface area (Å²) in [6.45, 7) is 0. The van der Waals surface area contributed by atoms with Crippen molar-refractivity contribution in [1.29, 1.82) is 0 Å². The molecule has 10 rings (SSSR count). The average Bonchev–Trinajstić information content (AvgIpc) is 3.73. The largest absolute Gasteiger partial charge is 0.307 e. The van der Waals surface area contributed by atoms with Crippen molar-refractivity contribution in [3.8, 4) is 11.4 Å². The molecule has 0 atom stereocenters. The van der Waals surface area contributed by atoms with E-state index in [9.17, 15) is 0 Å². The fourth-order valence-corrected chi connectivity index (χ4v) is 8.41. The van der Waals surface area contributed by atoms with Crippen LogP contribution >= 0.6 is 11.3 Å². The topological polar surface area (TPSA) is 22.8 Å². The first-order valence-corrected chi connectivity index (χ1v) is 15.4. The predicted molar refractivity (Wildman–Crippen MR) is 183 cm³/mol. The summed E-state index contributed by atoms with van der Waals surface area (Å²) in [5, 5.41) is 8.65. The highest BCUT2D eigenvalue weighted by molar-refractivity contribution is 7.25. The lowest BCUT2D eigenvalue weighted by Gasteiger charge is -2.14.